The molecule has 9 heteroatoms. The van der Waals surface area contributed by atoms with E-state index < -0.39 is 10.0 Å². The van der Waals surface area contributed by atoms with Gasteiger partial charge in [0, 0.05) is 30.6 Å². The zero-order chi connectivity index (χ0) is 21.2. The van der Waals surface area contributed by atoms with E-state index in [1.165, 1.54) is 28.6 Å². The van der Waals surface area contributed by atoms with Crippen LogP contribution < -0.4 is 5.32 Å². The third-order valence-electron chi connectivity index (χ3n) is 5.04. The van der Waals surface area contributed by atoms with Crippen molar-refractivity contribution in [3.8, 4) is 0 Å². The minimum absolute atomic E-state index is 0.0315. The zero-order valence-corrected chi connectivity index (χ0v) is 18.1. The molecule has 29 heavy (non-hydrogen) atoms. The largest absolute Gasteiger partial charge is 0.352 e. The summed E-state index contributed by atoms with van der Waals surface area (Å²) in [4.78, 5) is 12.4. The van der Waals surface area contributed by atoms with Crippen LogP contribution in [0.25, 0.3) is 0 Å². The van der Waals surface area contributed by atoms with Crippen molar-refractivity contribution < 1.29 is 17.6 Å². The summed E-state index contributed by atoms with van der Waals surface area (Å²) in [6.45, 7) is 2.33. The van der Waals surface area contributed by atoms with Gasteiger partial charge in [-0.05, 0) is 55.2 Å². The van der Waals surface area contributed by atoms with Crippen molar-refractivity contribution in [1.29, 1.82) is 0 Å². The standard InChI is InChI=1S/C20H21Cl2FN2O3S/c1-13-2-3-14(10-18(13)23)12-24-20(26)15-6-8-25(9-7-15)29(27,28)19-11-16(21)4-5-17(19)22/h2-5,10-11,15H,6-9,12H2,1H3,(H,24,26). The number of nitrogens with zero attached hydrogens (tertiary/aromatic N) is 1. The molecule has 156 valence electrons. The summed E-state index contributed by atoms with van der Waals surface area (Å²) in [5, 5.41) is 3.20. The quantitative estimate of drug-likeness (QED) is 0.731. The van der Waals surface area contributed by atoms with Crippen molar-refractivity contribution in [1.82, 2.24) is 9.62 Å². The van der Waals surface area contributed by atoms with Gasteiger partial charge in [-0.15, -0.1) is 0 Å². The van der Waals surface area contributed by atoms with Crippen molar-refractivity contribution >= 4 is 39.1 Å². The maximum Gasteiger partial charge on any atom is 0.244 e. The molecule has 0 bridgehead atoms. The highest BCUT2D eigenvalue weighted by Gasteiger charge is 2.33. The molecule has 1 aliphatic heterocycles. The van der Waals surface area contributed by atoms with E-state index in [1.54, 1.807) is 19.1 Å². The van der Waals surface area contributed by atoms with Crippen LogP contribution in [0.3, 0.4) is 0 Å². The monoisotopic (exact) mass is 458 g/mol. The van der Waals surface area contributed by atoms with E-state index in [9.17, 15) is 17.6 Å². The average molecular weight is 459 g/mol. The van der Waals surface area contributed by atoms with E-state index >= 15 is 0 Å². The Morgan fingerprint density at radius 2 is 1.86 bits per heavy atom. The van der Waals surface area contributed by atoms with Crippen molar-refractivity contribution in [2.75, 3.05) is 13.1 Å². The number of sulfonamides is 1. The minimum Gasteiger partial charge on any atom is -0.352 e. The summed E-state index contributed by atoms with van der Waals surface area (Å²) in [7, 11) is -3.78. The van der Waals surface area contributed by atoms with E-state index in [4.69, 9.17) is 23.2 Å². The molecule has 2 aromatic carbocycles. The van der Waals surface area contributed by atoms with Crippen molar-refractivity contribution in [2.24, 2.45) is 5.92 Å². The van der Waals surface area contributed by atoms with Crippen LogP contribution in [-0.2, 0) is 21.4 Å². The summed E-state index contributed by atoms with van der Waals surface area (Å²) < 4.78 is 40.6. The smallest absolute Gasteiger partial charge is 0.244 e. The molecule has 0 radical (unpaired) electrons. The number of nitrogens with one attached hydrogen (secondary N) is 1. The molecular weight excluding hydrogens is 438 g/mol. The summed E-state index contributed by atoms with van der Waals surface area (Å²) in [6.07, 6.45) is 0.789. The lowest BCUT2D eigenvalue weighted by atomic mass is 9.97. The summed E-state index contributed by atoms with van der Waals surface area (Å²) in [5.41, 5.74) is 1.23. The predicted molar refractivity (Wildman–Crippen MR) is 111 cm³/mol. The number of piperidine rings is 1. The van der Waals surface area contributed by atoms with E-state index in [0.29, 0.717) is 24.0 Å². The highest BCUT2D eigenvalue weighted by atomic mass is 35.5. The fourth-order valence-corrected chi connectivity index (χ4v) is 5.46. The number of aryl methyl sites for hydroxylation is 1. The molecule has 0 atom stereocenters. The number of halogens is 3. The molecule has 5 nitrogen and oxygen atoms in total. The second-order valence-corrected chi connectivity index (χ2v) is 9.80. The highest BCUT2D eigenvalue weighted by Crippen LogP contribution is 2.30. The van der Waals surface area contributed by atoms with Gasteiger partial charge in [0.1, 0.15) is 10.7 Å². The Hall–Kier alpha value is -1.67. The van der Waals surface area contributed by atoms with Crippen LogP contribution in [-0.4, -0.2) is 31.7 Å². The molecule has 0 aromatic heterocycles. The first-order valence-electron chi connectivity index (χ1n) is 9.16. The first-order chi connectivity index (χ1) is 13.7. The SMILES string of the molecule is Cc1ccc(CNC(=O)C2CCN(S(=O)(=O)c3cc(Cl)ccc3Cl)CC2)cc1F. The number of carbonyl (C=O) groups excluding carboxylic acids is 1. The predicted octanol–water partition coefficient (Wildman–Crippen LogP) is 4.16. The fourth-order valence-electron chi connectivity index (χ4n) is 3.25. The molecule has 1 aliphatic rings. The van der Waals surface area contributed by atoms with E-state index in [0.717, 1.165) is 0 Å². The molecule has 0 spiro atoms. The molecule has 1 heterocycles. The van der Waals surface area contributed by atoms with Crippen LogP contribution in [0.4, 0.5) is 4.39 Å². The summed E-state index contributed by atoms with van der Waals surface area (Å²) in [5.74, 6) is -0.773. The number of hydrogen-bond donors (Lipinski definition) is 1. The molecule has 1 saturated heterocycles. The molecular formula is C20H21Cl2FN2O3S. The molecule has 2 aromatic rings. The lowest BCUT2D eigenvalue weighted by Gasteiger charge is -2.30. The maximum absolute atomic E-state index is 13.6. The summed E-state index contributed by atoms with van der Waals surface area (Å²) in [6, 6.07) is 9.15. The van der Waals surface area contributed by atoms with Gasteiger partial charge >= 0.3 is 0 Å². The molecule has 1 amide bonds. The Kier molecular flexibility index (Phi) is 6.83. The van der Waals surface area contributed by atoms with Gasteiger partial charge in [-0.25, -0.2) is 12.8 Å². The Morgan fingerprint density at radius 1 is 1.17 bits per heavy atom. The molecule has 0 aliphatic carbocycles. The third-order valence-corrected chi connectivity index (χ3v) is 7.65. The van der Waals surface area contributed by atoms with Crippen LogP contribution in [0.15, 0.2) is 41.3 Å². The molecule has 0 saturated carbocycles. The van der Waals surface area contributed by atoms with Crippen LogP contribution in [0.1, 0.15) is 24.0 Å². The van der Waals surface area contributed by atoms with Crippen LogP contribution in [0.2, 0.25) is 10.0 Å². The first-order valence-corrected chi connectivity index (χ1v) is 11.4. The molecule has 1 N–H and O–H groups in total. The van der Waals surface area contributed by atoms with Crippen molar-refractivity contribution in [3.63, 3.8) is 0 Å². The highest BCUT2D eigenvalue weighted by molar-refractivity contribution is 7.89. The van der Waals surface area contributed by atoms with Crippen LogP contribution in [0.5, 0.6) is 0 Å². The number of amides is 1. The molecule has 0 unspecified atom stereocenters. The van der Waals surface area contributed by atoms with Crippen LogP contribution in [0, 0.1) is 18.7 Å². The lowest BCUT2D eigenvalue weighted by molar-refractivity contribution is -0.126. The second-order valence-electron chi connectivity index (χ2n) is 7.05. The number of carbonyl (C=O) groups is 1. The van der Waals surface area contributed by atoms with E-state index in [2.05, 4.69) is 5.32 Å². The van der Waals surface area contributed by atoms with Gasteiger partial charge in [-0.3, -0.25) is 4.79 Å². The van der Waals surface area contributed by atoms with Gasteiger partial charge in [-0.2, -0.15) is 4.31 Å². The Bertz CT molecular complexity index is 1020. The summed E-state index contributed by atoms with van der Waals surface area (Å²) >= 11 is 12.0. The van der Waals surface area contributed by atoms with Crippen molar-refractivity contribution in [3.05, 3.63) is 63.4 Å². The molecule has 1 fully saturated rings. The number of benzene rings is 2. The Balaban J connectivity index is 1.58. The van der Waals surface area contributed by atoms with Gasteiger partial charge in [0.05, 0.1) is 5.02 Å². The van der Waals surface area contributed by atoms with E-state index in [-0.39, 0.29) is 52.2 Å². The van der Waals surface area contributed by atoms with Gasteiger partial charge in [0.2, 0.25) is 15.9 Å². The zero-order valence-electron chi connectivity index (χ0n) is 15.8. The van der Waals surface area contributed by atoms with E-state index in [1.807, 2.05) is 0 Å². The molecule has 3 rings (SSSR count). The normalized spacial score (nSPS) is 16.0. The number of rotatable bonds is 5. The topological polar surface area (TPSA) is 66.5 Å². The van der Waals surface area contributed by atoms with Gasteiger partial charge in [-0.1, -0.05) is 35.3 Å². The van der Waals surface area contributed by atoms with Gasteiger partial charge in [0.25, 0.3) is 0 Å². The Morgan fingerprint density at radius 3 is 2.52 bits per heavy atom. The second kappa shape index (κ2) is 9.00. The minimum atomic E-state index is -3.78. The van der Waals surface area contributed by atoms with Gasteiger partial charge in [0.15, 0.2) is 0 Å². The first kappa shape index (κ1) is 22.0. The van der Waals surface area contributed by atoms with Crippen molar-refractivity contribution in [2.45, 2.75) is 31.2 Å². The lowest BCUT2D eigenvalue weighted by Crippen LogP contribution is -2.42. The fraction of sp³-hybridized carbons (Fsp3) is 0.350. The Labute approximate surface area is 179 Å². The van der Waals surface area contributed by atoms with Gasteiger partial charge < -0.3 is 5.32 Å². The average Bonchev–Trinajstić information content (AvgIpc) is 2.70. The number of hydrogen-bond acceptors (Lipinski definition) is 3. The maximum atomic E-state index is 13.6. The third kappa shape index (κ3) is 5.09. The van der Waals surface area contributed by atoms with Crippen LogP contribution >= 0.6 is 23.2 Å².